The number of carbonyl (C=O) groups excluding carboxylic acids is 1. The predicted molar refractivity (Wildman–Crippen MR) is 102 cm³/mol. The Morgan fingerprint density at radius 2 is 1.59 bits per heavy atom. The van der Waals surface area contributed by atoms with Crippen LogP contribution >= 0.6 is 23.2 Å². The Morgan fingerprint density at radius 3 is 2.21 bits per heavy atom. The number of amides is 1. The van der Waals surface area contributed by atoms with Crippen LogP contribution in [0.1, 0.15) is 5.56 Å². The van der Waals surface area contributed by atoms with Crippen molar-refractivity contribution in [3.8, 4) is 0 Å². The van der Waals surface area contributed by atoms with Crippen LogP contribution in [0.4, 0.5) is 13.2 Å². The van der Waals surface area contributed by atoms with Gasteiger partial charge in [-0.1, -0.05) is 29.3 Å². The van der Waals surface area contributed by atoms with Gasteiger partial charge in [0.2, 0.25) is 15.9 Å². The van der Waals surface area contributed by atoms with Gasteiger partial charge in [-0.2, -0.15) is 4.31 Å². The third-order valence-electron chi connectivity index (χ3n) is 4.55. The van der Waals surface area contributed by atoms with Crippen molar-refractivity contribution in [1.29, 1.82) is 0 Å². The molecule has 0 aromatic heterocycles. The summed E-state index contributed by atoms with van der Waals surface area (Å²) >= 11 is 11.8. The summed E-state index contributed by atoms with van der Waals surface area (Å²) in [5.41, 5.74) is 0.656. The average Bonchev–Trinajstić information content (AvgIpc) is 2.69. The lowest BCUT2D eigenvalue weighted by Crippen LogP contribution is -2.51. The van der Waals surface area contributed by atoms with Crippen molar-refractivity contribution >= 4 is 39.1 Å². The molecule has 2 aromatic rings. The van der Waals surface area contributed by atoms with Crippen molar-refractivity contribution in [3.05, 3.63) is 63.4 Å². The molecule has 1 heterocycles. The van der Waals surface area contributed by atoms with Crippen LogP contribution in [0.3, 0.4) is 0 Å². The molecule has 2 aromatic carbocycles. The number of hydrogen-bond acceptors (Lipinski definition) is 3. The van der Waals surface area contributed by atoms with E-state index in [9.17, 15) is 26.4 Å². The number of carbonyl (C=O) groups is 1. The summed E-state index contributed by atoms with van der Waals surface area (Å²) in [5.74, 6) is -5.32. The Balaban J connectivity index is 1.67. The summed E-state index contributed by atoms with van der Waals surface area (Å²) < 4.78 is 66.5. The molecule has 1 saturated heterocycles. The first-order valence-corrected chi connectivity index (χ1v) is 10.7. The fraction of sp³-hybridized carbons (Fsp3) is 0.278. The minimum atomic E-state index is -4.37. The van der Waals surface area contributed by atoms with Crippen molar-refractivity contribution in [2.45, 2.75) is 11.3 Å². The molecule has 0 radical (unpaired) electrons. The molecule has 156 valence electrons. The normalized spacial score (nSPS) is 15.6. The number of nitrogens with zero attached hydrogens (tertiary/aromatic N) is 2. The summed E-state index contributed by atoms with van der Waals surface area (Å²) in [4.78, 5) is 13.0. The van der Waals surface area contributed by atoms with E-state index >= 15 is 0 Å². The predicted octanol–water partition coefficient (Wildman–Crippen LogP) is 3.49. The average molecular weight is 467 g/mol. The van der Waals surface area contributed by atoms with E-state index in [0.717, 1.165) is 4.31 Å². The molecule has 0 N–H and O–H groups in total. The quantitative estimate of drug-likeness (QED) is 0.648. The SMILES string of the molecule is O=C(Cc1ccc(Cl)c(Cl)c1)N1CCN(S(=O)(=O)c2ccc(F)c(F)c2F)CC1. The minimum absolute atomic E-state index is 0.0570. The number of halogens is 5. The van der Waals surface area contributed by atoms with Gasteiger partial charge in [-0.25, -0.2) is 21.6 Å². The summed E-state index contributed by atoms with van der Waals surface area (Å²) in [6, 6.07) is 6.06. The first kappa shape index (κ1) is 21.9. The van der Waals surface area contributed by atoms with Gasteiger partial charge in [0, 0.05) is 26.2 Å². The lowest BCUT2D eigenvalue weighted by atomic mass is 10.1. The van der Waals surface area contributed by atoms with Gasteiger partial charge in [-0.05, 0) is 29.8 Å². The molecule has 29 heavy (non-hydrogen) atoms. The maximum Gasteiger partial charge on any atom is 0.246 e. The van der Waals surface area contributed by atoms with E-state index < -0.39 is 32.4 Å². The van der Waals surface area contributed by atoms with E-state index in [-0.39, 0.29) is 38.5 Å². The molecule has 11 heteroatoms. The van der Waals surface area contributed by atoms with Crippen molar-refractivity contribution in [2.75, 3.05) is 26.2 Å². The van der Waals surface area contributed by atoms with Crippen molar-refractivity contribution in [3.63, 3.8) is 0 Å². The minimum Gasteiger partial charge on any atom is -0.340 e. The largest absolute Gasteiger partial charge is 0.340 e. The monoisotopic (exact) mass is 466 g/mol. The number of hydrogen-bond donors (Lipinski definition) is 0. The zero-order valence-electron chi connectivity index (χ0n) is 14.8. The lowest BCUT2D eigenvalue weighted by Gasteiger charge is -2.34. The number of piperazine rings is 1. The van der Waals surface area contributed by atoms with E-state index in [1.807, 2.05) is 0 Å². The number of sulfonamides is 1. The summed E-state index contributed by atoms with van der Waals surface area (Å²) in [6.07, 6.45) is 0.0570. The first-order valence-electron chi connectivity index (χ1n) is 8.46. The fourth-order valence-corrected chi connectivity index (χ4v) is 4.76. The zero-order valence-corrected chi connectivity index (χ0v) is 17.2. The highest BCUT2D eigenvalue weighted by atomic mass is 35.5. The molecule has 0 spiro atoms. The highest BCUT2D eigenvalue weighted by molar-refractivity contribution is 7.89. The number of benzene rings is 2. The Morgan fingerprint density at radius 1 is 0.931 bits per heavy atom. The molecule has 0 aliphatic carbocycles. The van der Waals surface area contributed by atoms with Gasteiger partial charge in [0.1, 0.15) is 4.90 Å². The molecule has 0 unspecified atom stereocenters. The molecule has 0 bridgehead atoms. The van der Waals surface area contributed by atoms with E-state index in [1.165, 1.54) is 4.90 Å². The topological polar surface area (TPSA) is 57.7 Å². The summed E-state index contributed by atoms with van der Waals surface area (Å²) in [7, 11) is -4.37. The molecular weight excluding hydrogens is 452 g/mol. The third kappa shape index (κ3) is 4.53. The van der Waals surface area contributed by atoms with Crippen LogP contribution in [0.2, 0.25) is 10.0 Å². The molecule has 3 rings (SSSR count). The molecule has 1 aliphatic rings. The van der Waals surface area contributed by atoms with Crippen LogP contribution in [0, 0.1) is 17.5 Å². The first-order chi connectivity index (χ1) is 13.6. The van der Waals surface area contributed by atoms with Crippen LogP contribution in [0.5, 0.6) is 0 Å². The second-order valence-corrected chi connectivity index (χ2v) is 9.10. The maximum absolute atomic E-state index is 13.9. The third-order valence-corrected chi connectivity index (χ3v) is 7.20. The number of rotatable bonds is 4. The Kier molecular flexibility index (Phi) is 6.42. The van der Waals surface area contributed by atoms with E-state index in [0.29, 0.717) is 27.7 Å². The Bertz CT molecular complexity index is 1060. The summed E-state index contributed by atoms with van der Waals surface area (Å²) in [6.45, 7) is -0.0584. The van der Waals surface area contributed by atoms with E-state index in [4.69, 9.17) is 23.2 Å². The Labute approximate surface area is 175 Å². The van der Waals surface area contributed by atoms with Crippen LogP contribution in [-0.2, 0) is 21.2 Å². The van der Waals surface area contributed by atoms with Crippen molar-refractivity contribution < 1.29 is 26.4 Å². The van der Waals surface area contributed by atoms with Gasteiger partial charge < -0.3 is 4.90 Å². The second kappa shape index (κ2) is 8.51. The van der Waals surface area contributed by atoms with Gasteiger partial charge in [-0.3, -0.25) is 4.79 Å². The van der Waals surface area contributed by atoms with Crippen molar-refractivity contribution in [2.24, 2.45) is 0 Å². The molecule has 1 fully saturated rings. The van der Waals surface area contributed by atoms with Gasteiger partial charge in [0.05, 0.1) is 16.5 Å². The van der Waals surface area contributed by atoms with Gasteiger partial charge >= 0.3 is 0 Å². The van der Waals surface area contributed by atoms with Crippen LogP contribution in [0.25, 0.3) is 0 Å². The Hall–Kier alpha value is -1.81. The summed E-state index contributed by atoms with van der Waals surface area (Å²) in [5, 5.41) is 0.688. The van der Waals surface area contributed by atoms with E-state index in [2.05, 4.69) is 0 Å². The molecule has 1 aliphatic heterocycles. The molecule has 0 atom stereocenters. The van der Waals surface area contributed by atoms with E-state index in [1.54, 1.807) is 18.2 Å². The maximum atomic E-state index is 13.9. The molecule has 1 amide bonds. The zero-order chi connectivity index (χ0) is 21.3. The van der Waals surface area contributed by atoms with Crippen LogP contribution in [-0.4, -0.2) is 49.7 Å². The highest BCUT2D eigenvalue weighted by Gasteiger charge is 2.33. The van der Waals surface area contributed by atoms with Crippen LogP contribution < -0.4 is 0 Å². The van der Waals surface area contributed by atoms with Crippen molar-refractivity contribution in [1.82, 2.24) is 9.21 Å². The fourth-order valence-electron chi connectivity index (χ4n) is 2.96. The second-order valence-electron chi connectivity index (χ2n) is 6.38. The van der Waals surface area contributed by atoms with Gasteiger partial charge in [-0.15, -0.1) is 0 Å². The highest BCUT2D eigenvalue weighted by Crippen LogP contribution is 2.25. The standard InChI is InChI=1S/C18H15Cl2F3N2O3S/c19-12-2-1-11(9-13(12)20)10-16(26)24-5-7-25(8-6-24)29(27,28)15-4-3-14(21)17(22)18(15)23/h1-4,9H,5-8,10H2. The molecule has 5 nitrogen and oxygen atoms in total. The van der Waals surface area contributed by atoms with Crippen LogP contribution in [0.15, 0.2) is 35.2 Å². The van der Waals surface area contributed by atoms with Gasteiger partial charge in [0.15, 0.2) is 17.5 Å². The van der Waals surface area contributed by atoms with Gasteiger partial charge in [0.25, 0.3) is 0 Å². The molecule has 0 saturated carbocycles. The smallest absolute Gasteiger partial charge is 0.246 e. The lowest BCUT2D eigenvalue weighted by molar-refractivity contribution is -0.131. The molecular formula is C18H15Cl2F3N2O3S.